The van der Waals surface area contributed by atoms with E-state index in [0.717, 1.165) is 17.3 Å². The molecule has 1 fully saturated rings. The predicted molar refractivity (Wildman–Crippen MR) is 63.3 cm³/mol. The first kappa shape index (κ1) is 10.5. The molecule has 1 nitrogen and oxygen atoms in total. The highest BCUT2D eigenvalue weighted by molar-refractivity contribution is 7.16. The van der Waals surface area contributed by atoms with Gasteiger partial charge in [-0.3, -0.25) is 0 Å². The normalized spacial score (nSPS) is 27.9. The van der Waals surface area contributed by atoms with E-state index in [1.165, 1.54) is 24.1 Å². The fraction of sp³-hybridized carbons (Fsp3) is 0.636. The molecular weight excluding hydrogens is 214 g/mol. The van der Waals surface area contributed by atoms with Gasteiger partial charge in [-0.1, -0.05) is 18.0 Å². The van der Waals surface area contributed by atoms with Crippen LogP contribution in [-0.4, -0.2) is 12.1 Å². The Morgan fingerprint density at radius 1 is 1.50 bits per heavy atom. The van der Waals surface area contributed by atoms with E-state index in [4.69, 9.17) is 11.6 Å². The van der Waals surface area contributed by atoms with Gasteiger partial charge < -0.3 is 5.32 Å². The molecule has 2 rings (SSSR count). The minimum atomic E-state index is 0.298. The first-order chi connectivity index (χ1) is 6.68. The van der Waals surface area contributed by atoms with Crippen molar-refractivity contribution in [3.63, 3.8) is 0 Å². The maximum absolute atomic E-state index is 5.92. The highest BCUT2D eigenvalue weighted by Gasteiger charge is 2.26. The molecule has 0 radical (unpaired) electrons. The van der Waals surface area contributed by atoms with Gasteiger partial charge in [0.1, 0.15) is 0 Å². The summed E-state index contributed by atoms with van der Waals surface area (Å²) in [5.41, 5.74) is 0.298. The molecule has 14 heavy (non-hydrogen) atoms. The van der Waals surface area contributed by atoms with Crippen molar-refractivity contribution < 1.29 is 0 Å². The van der Waals surface area contributed by atoms with Crippen molar-refractivity contribution >= 4 is 22.9 Å². The van der Waals surface area contributed by atoms with E-state index in [1.54, 1.807) is 11.3 Å². The third-order valence-electron chi connectivity index (χ3n) is 2.90. The van der Waals surface area contributed by atoms with Gasteiger partial charge in [-0.25, -0.2) is 0 Å². The molecule has 1 aliphatic heterocycles. The molecule has 0 aromatic carbocycles. The van der Waals surface area contributed by atoms with Crippen LogP contribution in [-0.2, 0) is 6.42 Å². The monoisotopic (exact) mass is 229 g/mol. The van der Waals surface area contributed by atoms with Crippen LogP contribution in [0.3, 0.4) is 0 Å². The van der Waals surface area contributed by atoms with Crippen LogP contribution in [0.15, 0.2) is 12.1 Å². The fourth-order valence-corrected chi connectivity index (χ4v) is 3.37. The van der Waals surface area contributed by atoms with E-state index in [2.05, 4.69) is 18.3 Å². The molecule has 3 heteroatoms. The van der Waals surface area contributed by atoms with E-state index in [9.17, 15) is 0 Å². The Hall–Kier alpha value is -0.0500. The van der Waals surface area contributed by atoms with Crippen molar-refractivity contribution in [1.82, 2.24) is 5.32 Å². The van der Waals surface area contributed by atoms with Crippen LogP contribution in [0.1, 0.15) is 31.1 Å². The summed E-state index contributed by atoms with van der Waals surface area (Å²) in [5, 5.41) is 3.62. The summed E-state index contributed by atoms with van der Waals surface area (Å²) >= 11 is 7.63. The lowest BCUT2D eigenvalue weighted by Crippen LogP contribution is -2.47. The maximum Gasteiger partial charge on any atom is 0.0931 e. The number of thiophene rings is 1. The molecule has 1 atom stereocenters. The second kappa shape index (κ2) is 4.21. The number of piperidine rings is 1. The van der Waals surface area contributed by atoms with Gasteiger partial charge in [0.2, 0.25) is 0 Å². The molecular formula is C11H16ClNS. The van der Waals surface area contributed by atoms with Crippen LogP contribution >= 0.6 is 22.9 Å². The third-order valence-corrected chi connectivity index (χ3v) is 4.13. The topological polar surface area (TPSA) is 12.0 Å². The number of halogens is 1. The smallest absolute Gasteiger partial charge is 0.0931 e. The summed E-state index contributed by atoms with van der Waals surface area (Å²) in [7, 11) is 0. The number of hydrogen-bond donors (Lipinski definition) is 1. The summed E-state index contributed by atoms with van der Waals surface area (Å²) in [6, 6.07) is 4.14. The molecule has 1 aromatic heterocycles. The summed E-state index contributed by atoms with van der Waals surface area (Å²) in [6.45, 7) is 3.48. The Morgan fingerprint density at radius 2 is 2.36 bits per heavy atom. The Morgan fingerprint density at radius 3 is 2.93 bits per heavy atom. The van der Waals surface area contributed by atoms with Gasteiger partial charge in [-0.05, 0) is 44.9 Å². The van der Waals surface area contributed by atoms with Gasteiger partial charge in [0, 0.05) is 10.4 Å². The molecule has 1 aliphatic rings. The Bertz CT molecular complexity index is 302. The van der Waals surface area contributed by atoms with Crippen LogP contribution in [0, 0.1) is 0 Å². The predicted octanol–water partition coefficient (Wildman–Crippen LogP) is 3.48. The molecule has 0 bridgehead atoms. The van der Waals surface area contributed by atoms with Crippen LogP contribution in [0.5, 0.6) is 0 Å². The number of rotatable bonds is 2. The average Bonchev–Trinajstić information content (AvgIpc) is 2.51. The van der Waals surface area contributed by atoms with Crippen LogP contribution < -0.4 is 5.32 Å². The molecule has 1 saturated heterocycles. The van der Waals surface area contributed by atoms with Crippen molar-refractivity contribution in [2.75, 3.05) is 6.54 Å². The van der Waals surface area contributed by atoms with E-state index >= 15 is 0 Å². The highest BCUT2D eigenvalue weighted by atomic mass is 35.5. The first-order valence-electron chi connectivity index (χ1n) is 5.17. The average molecular weight is 230 g/mol. The zero-order valence-electron chi connectivity index (χ0n) is 8.48. The van der Waals surface area contributed by atoms with Gasteiger partial charge in [-0.15, -0.1) is 11.3 Å². The second-order valence-corrected chi connectivity index (χ2v) is 6.13. The maximum atomic E-state index is 5.92. The van der Waals surface area contributed by atoms with Gasteiger partial charge in [-0.2, -0.15) is 0 Å². The van der Waals surface area contributed by atoms with Gasteiger partial charge >= 0.3 is 0 Å². The molecule has 0 saturated carbocycles. The second-order valence-electron chi connectivity index (χ2n) is 4.33. The standard InChI is InChI=1S/C11H16ClNS/c1-11(6-2-3-7-13-11)8-9-4-5-10(12)14-9/h4-5,13H,2-3,6-8H2,1H3. The van der Waals surface area contributed by atoms with E-state index < -0.39 is 0 Å². The minimum Gasteiger partial charge on any atom is -0.311 e. The van der Waals surface area contributed by atoms with Crippen molar-refractivity contribution in [2.45, 2.75) is 38.1 Å². The quantitative estimate of drug-likeness (QED) is 0.819. The summed E-state index contributed by atoms with van der Waals surface area (Å²) in [6.07, 6.45) is 5.07. The molecule has 78 valence electrons. The Balaban J connectivity index is 2.01. The van der Waals surface area contributed by atoms with Crippen LogP contribution in [0.4, 0.5) is 0 Å². The van der Waals surface area contributed by atoms with Gasteiger partial charge in [0.25, 0.3) is 0 Å². The van der Waals surface area contributed by atoms with E-state index in [1.807, 2.05) is 6.07 Å². The zero-order chi connectivity index (χ0) is 10.0. The Kier molecular flexibility index (Phi) is 3.15. The number of nitrogens with one attached hydrogen (secondary N) is 1. The lowest BCUT2D eigenvalue weighted by Gasteiger charge is -2.34. The first-order valence-corrected chi connectivity index (χ1v) is 6.37. The van der Waals surface area contributed by atoms with Crippen molar-refractivity contribution in [3.8, 4) is 0 Å². The summed E-state index contributed by atoms with van der Waals surface area (Å²) in [4.78, 5) is 1.40. The lowest BCUT2D eigenvalue weighted by atomic mass is 9.87. The largest absolute Gasteiger partial charge is 0.311 e. The van der Waals surface area contributed by atoms with Crippen LogP contribution in [0.2, 0.25) is 4.34 Å². The molecule has 1 aromatic rings. The molecule has 0 aliphatic carbocycles. The SMILES string of the molecule is CC1(Cc2ccc(Cl)s2)CCCCN1. The Labute approximate surface area is 94.5 Å². The molecule has 0 amide bonds. The third kappa shape index (κ3) is 2.50. The summed E-state index contributed by atoms with van der Waals surface area (Å²) in [5.74, 6) is 0. The molecule has 2 heterocycles. The van der Waals surface area contributed by atoms with Gasteiger partial charge in [0.15, 0.2) is 0 Å². The molecule has 1 unspecified atom stereocenters. The highest BCUT2D eigenvalue weighted by Crippen LogP contribution is 2.28. The van der Waals surface area contributed by atoms with Crippen LogP contribution in [0.25, 0.3) is 0 Å². The zero-order valence-corrected chi connectivity index (χ0v) is 10.0. The minimum absolute atomic E-state index is 0.298. The lowest BCUT2D eigenvalue weighted by molar-refractivity contribution is 0.278. The summed E-state index contributed by atoms with van der Waals surface area (Å²) < 4.78 is 0.902. The van der Waals surface area contributed by atoms with Crippen molar-refractivity contribution in [3.05, 3.63) is 21.3 Å². The van der Waals surface area contributed by atoms with Crippen molar-refractivity contribution in [2.24, 2.45) is 0 Å². The van der Waals surface area contributed by atoms with Crippen molar-refractivity contribution in [1.29, 1.82) is 0 Å². The van der Waals surface area contributed by atoms with Gasteiger partial charge in [0.05, 0.1) is 4.34 Å². The van der Waals surface area contributed by atoms with E-state index in [-0.39, 0.29) is 0 Å². The fourth-order valence-electron chi connectivity index (χ4n) is 2.10. The molecule has 0 spiro atoms. The number of hydrogen-bond acceptors (Lipinski definition) is 2. The van der Waals surface area contributed by atoms with E-state index in [0.29, 0.717) is 5.54 Å². The molecule has 1 N–H and O–H groups in total.